The largest absolute Gasteiger partial charge is 0.350 e. The molecule has 1 aliphatic carbocycles. The quantitative estimate of drug-likeness (QED) is 0.316. The van der Waals surface area contributed by atoms with Crippen molar-refractivity contribution in [2.75, 3.05) is 6.54 Å². The fourth-order valence-electron chi connectivity index (χ4n) is 4.30. The van der Waals surface area contributed by atoms with Crippen LogP contribution in [-0.4, -0.2) is 41.9 Å². The molecule has 1 aromatic heterocycles. The van der Waals surface area contributed by atoms with Crippen LogP contribution in [0, 0.1) is 0 Å². The predicted molar refractivity (Wildman–Crippen MR) is 153 cm³/mol. The standard InChI is InChI=1S/C28H25Cl2N5O2S/c29-23-10-8-22(9-11-23)27-26(21-6-2-1-3-7-21)19-35(33-27)28(32-18-20-5-4-16-31-17-20)34-38(36,37)25-14-12-24(30)13-15-25/h1-14,16-17,25-26H,15,18-19H2,(H,32,34). The summed E-state index contributed by atoms with van der Waals surface area (Å²) >= 11 is 12.1. The van der Waals surface area contributed by atoms with Crippen LogP contribution in [0.15, 0.2) is 112 Å². The molecule has 38 heavy (non-hydrogen) atoms. The van der Waals surface area contributed by atoms with Crippen molar-refractivity contribution in [2.24, 2.45) is 9.50 Å². The molecule has 0 saturated heterocycles. The van der Waals surface area contributed by atoms with Crippen molar-refractivity contribution in [2.45, 2.75) is 24.1 Å². The van der Waals surface area contributed by atoms with Crippen LogP contribution in [0.25, 0.3) is 0 Å². The molecule has 2 aliphatic rings. The molecule has 0 spiro atoms. The molecule has 10 heteroatoms. The van der Waals surface area contributed by atoms with Gasteiger partial charge in [-0.2, -0.15) is 5.10 Å². The van der Waals surface area contributed by atoms with Crippen molar-refractivity contribution >= 4 is 44.9 Å². The van der Waals surface area contributed by atoms with Gasteiger partial charge < -0.3 is 5.32 Å². The summed E-state index contributed by atoms with van der Waals surface area (Å²) in [7, 11) is -3.93. The van der Waals surface area contributed by atoms with Crippen molar-refractivity contribution in [3.63, 3.8) is 0 Å². The van der Waals surface area contributed by atoms with E-state index in [9.17, 15) is 8.42 Å². The molecule has 3 aromatic rings. The molecule has 0 bridgehead atoms. The average molecular weight is 567 g/mol. The van der Waals surface area contributed by atoms with E-state index in [1.807, 2.05) is 66.7 Å². The Kier molecular flexibility index (Phi) is 7.93. The summed E-state index contributed by atoms with van der Waals surface area (Å²) in [5.74, 6) is 0.0367. The number of sulfonamides is 1. The Balaban J connectivity index is 1.53. The number of benzene rings is 2. The Hall–Kier alpha value is -3.46. The number of hydrogen-bond acceptors (Lipinski definition) is 4. The van der Waals surface area contributed by atoms with Gasteiger partial charge in [0.1, 0.15) is 5.25 Å². The van der Waals surface area contributed by atoms with E-state index in [0.717, 1.165) is 22.4 Å². The van der Waals surface area contributed by atoms with E-state index < -0.39 is 15.3 Å². The number of allylic oxidation sites excluding steroid dienone is 3. The number of nitrogens with zero attached hydrogens (tertiary/aromatic N) is 4. The molecule has 2 heterocycles. The van der Waals surface area contributed by atoms with Crippen LogP contribution in [0.1, 0.15) is 29.0 Å². The molecule has 2 aromatic carbocycles. The topological polar surface area (TPSA) is 87.0 Å². The number of pyridine rings is 1. The van der Waals surface area contributed by atoms with E-state index in [-0.39, 0.29) is 18.3 Å². The Morgan fingerprint density at radius 1 is 1.05 bits per heavy atom. The van der Waals surface area contributed by atoms with Crippen LogP contribution in [0.4, 0.5) is 0 Å². The van der Waals surface area contributed by atoms with Crippen LogP contribution in [-0.2, 0) is 16.6 Å². The van der Waals surface area contributed by atoms with Crippen molar-refractivity contribution in [3.05, 3.63) is 124 Å². The summed E-state index contributed by atoms with van der Waals surface area (Å²) in [5.41, 5.74) is 3.64. The van der Waals surface area contributed by atoms with E-state index in [0.29, 0.717) is 23.1 Å². The number of rotatable bonds is 6. The number of nitrogens with one attached hydrogen (secondary N) is 1. The van der Waals surface area contributed by atoms with Crippen LogP contribution in [0.3, 0.4) is 0 Å². The van der Waals surface area contributed by atoms with Crippen molar-refractivity contribution in [1.29, 1.82) is 0 Å². The third-order valence-corrected chi connectivity index (χ3v) is 8.36. The molecule has 1 aliphatic heterocycles. The van der Waals surface area contributed by atoms with E-state index in [1.165, 1.54) is 0 Å². The number of hydrogen-bond donors (Lipinski definition) is 1. The van der Waals surface area contributed by atoms with Crippen LogP contribution in [0.5, 0.6) is 0 Å². The molecule has 7 nitrogen and oxygen atoms in total. The molecular weight excluding hydrogens is 541 g/mol. The van der Waals surface area contributed by atoms with Gasteiger partial charge in [0.25, 0.3) is 10.0 Å². The fraction of sp³-hybridized carbons (Fsp3) is 0.179. The van der Waals surface area contributed by atoms with Gasteiger partial charge >= 0.3 is 0 Å². The van der Waals surface area contributed by atoms with Gasteiger partial charge in [-0.3, -0.25) is 4.98 Å². The lowest BCUT2D eigenvalue weighted by Gasteiger charge is -2.21. The van der Waals surface area contributed by atoms with Gasteiger partial charge in [0, 0.05) is 34.9 Å². The number of aromatic nitrogens is 1. The van der Waals surface area contributed by atoms with Gasteiger partial charge in [-0.1, -0.05) is 83.9 Å². The maximum atomic E-state index is 13.4. The maximum Gasteiger partial charge on any atom is 0.263 e. The van der Waals surface area contributed by atoms with Gasteiger partial charge in [-0.15, -0.1) is 4.40 Å². The van der Waals surface area contributed by atoms with E-state index in [1.54, 1.807) is 35.6 Å². The summed E-state index contributed by atoms with van der Waals surface area (Å²) < 4.78 is 31.0. The van der Waals surface area contributed by atoms with E-state index >= 15 is 0 Å². The normalized spacial score (nSPS) is 19.7. The predicted octanol–water partition coefficient (Wildman–Crippen LogP) is 5.47. The monoisotopic (exact) mass is 565 g/mol. The highest BCUT2D eigenvalue weighted by Gasteiger charge is 2.33. The lowest BCUT2D eigenvalue weighted by atomic mass is 9.91. The molecule has 1 N–H and O–H groups in total. The average Bonchev–Trinajstić information content (AvgIpc) is 3.38. The fourth-order valence-corrected chi connectivity index (χ4v) is 5.74. The molecule has 0 saturated carbocycles. The van der Waals surface area contributed by atoms with Crippen molar-refractivity contribution in [3.8, 4) is 0 Å². The highest BCUT2D eigenvalue weighted by Crippen LogP contribution is 2.30. The minimum absolute atomic E-state index is 0.109. The zero-order chi connectivity index (χ0) is 26.5. The lowest BCUT2D eigenvalue weighted by Crippen LogP contribution is -2.39. The van der Waals surface area contributed by atoms with Gasteiger partial charge in [0.2, 0.25) is 5.96 Å². The molecule has 0 fully saturated rings. The molecule has 2 atom stereocenters. The zero-order valence-corrected chi connectivity index (χ0v) is 22.6. The molecular formula is C28H25Cl2N5O2S. The SMILES string of the molecule is O=S(=O)(/N=C(/NCc1cccnc1)N1CC(c2ccccc2)C(c2ccc(Cl)cc2)=N1)C1C=CC(Cl)=CC1. The minimum atomic E-state index is -3.93. The summed E-state index contributed by atoms with van der Waals surface area (Å²) in [5, 5.41) is 10.0. The van der Waals surface area contributed by atoms with Gasteiger partial charge in [0.15, 0.2) is 0 Å². The summed E-state index contributed by atoms with van der Waals surface area (Å²) in [6, 6.07) is 21.2. The Bertz CT molecular complexity index is 1510. The lowest BCUT2D eigenvalue weighted by molar-refractivity contribution is 0.454. The van der Waals surface area contributed by atoms with Crippen LogP contribution in [0.2, 0.25) is 5.02 Å². The van der Waals surface area contributed by atoms with E-state index in [4.69, 9.17) is 28.3 Å². The Morgan fingerprint density at radius 2 is 1.84 bits per heavy atom. The first-order chi connectivity index (χ1) is 18.4. The molecule has 0 amide bonds. The highest BCUT2D eigenvalue weighted by molar-refractivity contribution is 7.91. The third kappa shape index (κ3) is 6.15. The van der Waals surface area contributed by atoms with Gasteiger partial charge in [-0.25, -0.2) is 13.4 Å². The molecule has 194 valence electrons. The zero-order valence-electron chi connectivity index (χ0n) is 20.3. The van der Waals surface area contributed by atoms with Crippen molar-refractivity contribution < 1.29 is 8.42 Å². The smallest absolute Gasteiger partial charge is 0.263 e. The number of halogens is 2. The van der Waals surface area contributed by atoms with Crippen LogP contribution < -0.4 is 5.32 Å². The summed E-state index contributed by atoms with van der Waals surface area (Å²) in [4.78, 5) is 4.15. The Labute approximate surface area is 232 Å². The van der Waals surface area contributed by atoms with Gasteiger partial charge in [-0.05, 0) is 47.4 Å². The first-order valence-corrected chi connectivity index (χ1v) is 14.3. The van der Waals surface area contributed by atoms with E-state index in [2.05, 4.69) is 14.7 Å². The third-order valence-electron chi connectivity index (χ3n) is 6.29. The maximum absolute atomic E-state index is 13.4. The second-order valence-corrected chi connectivity index (χ2v) is 11.6. The minimum Gasteiger partial charge on any atom is -0.350 e. The second-order valence-electron chi connectivity index (χ2n) is 8.90. The highest BCUT2D eigenvalue weighted by atomic mass is 35.5. The summed E-state index contributed by atoms with van der Waals surface area (Å²) in [6.07, 6.45) is 8.49. The number of hydrazone groups is 1. The first-order valence-electron chi connectivity index (χ1n) is 12.1. The second kappa shape index (κ2) is 11.5. The van der Waals surface area contributed by atoms with Crippen LogP contribution >= 0.6 is 23.2 Å². The first kappa shape index (κ1) is 26.2. The van der Waals surface area contributed by atoms with Crippen molar-refractivity contribution in [1.82, 2.24) is 15.3 Å². The summed E-state index contributed by atoms with van der Waals surface area (Å²) in [6.45, 7) is 0.731. The molecule has 0 radical (unpaired) electrons. The molecule has 5 rings (SSSR count). The van der Waals surface area contributed by atoms with Gasteiger partial charge in [0.05, 0.1) is 12.3 Å². The number of guanidine groups is 1. The molecule has 2 unspecified atom stereocenters. The Morgan fingerprint density at radius 3 is 2.53 bits per heavy atom.